The van der Waals surface area contributed by atoms with Crippen molar-refractivity contribution in [1.29, 1.82) is 0 Å². The van der Waals surface area contributed by atoms with E-state index in [1.54, 1.807) is 13.2 Å². The molecule has 4 nitrogen and oxygen atoms in total. The third-order valence-corrected chi connectivity index (χ3v) is 2.92. The number of hydrogen-bond donors (Lipinski definition) is 2. The molecule has 0 saturated heterocycles. The van der Waals surface area contributed by atoms with Crippen molar-refractivity contribution >= 4 is 0 Å². The molecule has 0 fully saturated rings. The lowest BCUT2D eigenvalue weighted by molar-refractivity contribution is 0.369. The first-order valence-corrected chi connectivity index (χ1v) is 6.18. The van der Waals surface area contributed by atoms with Crippen molar-refractivity contribution in [3.8, 4) is 11.5 Å². The van der Waals surface area contributed by atoms with Crippen LogP contribution in [0, 0.1) is 6.92 Å². The van der Waals surface area contributed by atoms with Crippen LogP contribution in [0.5, 0.6) is 11.5 Å². The van der Waals surface area contributed by atoms with Crippen molar-refractivity contribution in [3.63, 3.8) is 0 Å². The van der Waals surface area contributed by atoms with Gasteiger partial charge in [-0.1, -0.05) is 18.2 Å². The number of ether oxygens (including phenoxy) is 1. The number of aryl methyl sites for hydroxylation is 1. The van der Waals surface area contributed by atoms with Crippen LogP contribution >= 0.6 is 0 Å². The second kappa shape index (κ2) is 6.20. The SMILES string of the molecule is COc1cccc(CNCc2ccc(C)nc2)c1O. The molecule has 100 valence electrons. The number of nitrogens with one attached hydrogen (secondary N) is 1. The fourth-order valence-corrected chi connectivity index (χ4v) is 1.82. The normalized spacial score (nSPS) is 10.4. The average molecular weight is 258 g/mol. The Labute approximate surface area is 113 Å². The predicted molar refractivity (Wildman–Crippen MR) is 74.2 cm³/mol. The summed E-state index contributed by atoms with van der Waals surface area (Å²) >= 11 is 0. The van der Waals surface area contributed by atoms with Gasteiger partial charge >= 0.3 is 0 Å². The van der Waals surface area contributed by atoms with E-state index in [0.717, 1.165) is 16.8 Å². The molecule has 0 saturated carbocycles. The highest BCUT2D eigenvalue weighted by Crippen LogP contribution is 2.29. The molecule has 2 rings (SSSR count). The summed E-state index contributed by atoms with van der Waals surface area (Å²) in [7, 11) is 1.55. The minimum atomic E-state index is 0.194. The van der Waals surface area contributed by atoms with Gasteiger partial charge in [0.05, 0.1) is 7.11 Å². The van der Waals surface area contributed by atoms with Gasteiger partial charge < -0.3 is 15.2 Å². The molecule has 0 aliphatic carbocycles. The Kier molecular flexibility index (Phi) is 4.36. The van der Waals surface area contributed by atoms with Crippen molar-refractivity contribution < 1.29 is 9.84 Å². The average Bonchev–Trinajstić information content (AvgIpc) is 2.43. The van der Waals surface area contributed by atoms with E-state index < -0.39 is 0 Å². The van der Waals surface area contributed by atoms with Gasteiger partial charge in [-0.3, -0.25) is 4.98 Å². The molecule has 0 amide bonds. The van der Waals surface area contributed by atoms with Crippen LogP contribution in [0.25, 0.3) is 0 Å². The topological polar surface area (TPSA) is 54.4 Å². The van der Waals surface area contributed by atoms with E-state index in [4.69, 9.17) is 4.74 Å². The van der Waals surface area contributed by atoms with Crippen LogP contribution in [-0.4, -0.2) is 17.2 Å². The summed E-state index contributed by atoms with van der Waals surface area (Å²) in [6.07, 6.45) is 1.85. The Balaban J connectivity index is 1.94. The summed E-state index contributed by atoms with van der Waals surface area (Å²) in [5, 5.41) is 13.2. The van der Waals surface area contributed by atoms with Gasteiger partial charge in [0.1, 0.15) is 0 Å². The van der Waals surface area contributed by atoms with E-state index in [2.05, 4.69) is 10.3 Å². The minimum absolute atomic E-state index is 0.194. The molecule has 4 heteroatoms. The maximum Gasteiger partial charge on any atom is 0.162 e. The van der Waals surface area contributed by atoms with Crippen molar-refractivity contribution in [2.75, 3.05) is 7.11 Å². The summed E-state index contributed by atoms with van der Waals surface area (Å²) in [5.74, 6) is 0.691. The number of aromatic nitrogens is 1. The zero-order valence-corrected chi connectivity index (χ0v) is 11.2. The number of para-hydroxylation sites is 1. The van der Waals surface area contributed by atoms with Crippen LogP contribution in [0.3, 0.4) is 0 Å². The Hall–Kier alpha value is -2.07. The van der Waals surface area contributed by atoms with Crippen molar-refractivity contribution in [2.45, 2.75) is 20.0 Å². The van der Waals surface area contributed by atoms with E-state index in [0.29, 0.717) is 18.8 Å². The van der Waals surface area contributed by atoms with Gasteiger partial charge in [-0.2, -0.15) is 0 Å². The van der Waals surface area contributed by atoms with Crippen molar-refractivity contribution in [2.24, 2.45) is 0 Å². The van der Waals surface area contributed by atoms with E-state index in [1.165, 1.54) is 0 Å². The molecule has 0 atom stereocenters. The smallest absolute Gasteiger partial charge is 0.162 e. The maximum absolute atomic E-state index is 9.95. The molecule has 19 heavy (non-hydrogen) atoms. The van der Waals surface area contributed by atoms with E-state index >= 15 is 0 Å². The highest BCUT2D eigenvalue weighted by atomic mass is 16.5. The Morgan fingerprint density at radius 3 is 2.74 bits per heavy atom. The van der Waals surface area contributed by atoms with Gasteiger partial charge in [-0.15, -0.1) is 0 Å². The second-order valence-electron chi connectivity index (χ2n) is 4.38. The number of phenols is 1. The largest absolute Gasteiger partial charge is 0.504 e. The Morgan fingerprint density at radius 1 is 1.21 bits per heavy atom. The second-order valence-corrected chi connectivity index (χ2v) is 4.38. The molecule has 1 aromatic carbocycles. The molecule has 0 spiro atoms. The lowest BCUT2D eigenvalue weighted by atomic mass is 10.2. The summed E-state index contributed by atoms with van der Waals surface area (Å²) in [6, 6.07) is 9.50. The van der Waals surface area contributed by atoms with Crippen LogP contribution in [0.2, 0.25) is 0 Å². The van der Waals surface area contributed by atoms with Crippen molar-refractivity contribution in [3.05, 3.63) is 53.3 Å². The first kappa shape index (κ1) is 13.4. The van der Waals surface area contributed by atoms with Gasteiger partial charge in [-0.25, -0.2) is 0 Å². The van der Waals surface area contributed by atoms with Gasteiger partial charge in [-0.05, 0) is 24.6 Å². The number of rotatable bonds is 5. The maximum atomic E-state index is 9.95. The molecule has 0 unspecified atom stereocenters. The van der Waals surface area contributed by atoms with Crippen molar-refractivity contribution in [1.82, 2.24) is 10.3 Å². The quantitative estimate of drug-likeness (QED) is 0.864. The zero-order chi connectivity index (χ0) is 13.7. The molecule has 0 aliphatic rings. The summed E-state index contributed by atoms with van der Waals surface area (Å²) in [5.41, 5.74) is 2.95. The van der Waals surface area contributed by atoms with E-state index in [9.17, 15) is 5.11 Å². The molecular formula is C15H18N2O2. The number of pyridine rings is 1. The predicted octanol–water partition coefficient (Wildman–Crippen LogP) is 2.39. The summed E-state index contributed by atoms with van der Waals surface area (Å²) in [4.78, 5) is 4.24. The number of phenolic OH excluding ortho intramolecular Hbond substituents is 1. The molecular weight excluding hydrogens is 240 g/mol. The Morgan fingerprint density at radius 2 is 2.05 bits per heavy atom. The molecule has 0 radical (unpaired) electrons. The van der Waals surface area contributed by atoms with Crippen LogP contribution in [0.4, 0.5) is 0 Å². The number of nitrogens with zero attached hydrogens (tertiary/aromatic N) is 1. The highest BCUT2D eigenvalue weighted by molar-refractivity contribution is 5.45. The summed E-state index contributed by atoms with van der Waals surface area (Å²) in [6.45, 7) is 3.26. The van der Waals surface area contributed by atoms with E-state index in [1.807, 2.05) is 37.4 Å². The van der Waals surface area contributed by atoms with Gasteiger partial charge in [0.25, 0.3) is 0 Å². The lowest BCUT2D eigenvalue weighted by Gasteiger charge is -2.09. The van der Waals surface area contributed by atoms with Crippen LogP contribution < -0.4 is 10.1 Å². The molecule has 0 aliphatic heterocycles. The Bertz CT molecular complexity index is 538. The minimum Gasteiger partial charge on any atom is -0.504 e. The zero-order valence-electron chi connectivity index (χ0n) is 11.2. The fraction of sp³-hybridized carbons (Fsp3) is 0.267. The molecule has 0 bridgehead atoms. The number of benzene rings is 1. The van der Waals surface area contributed by atoms with Gasteiger partial charge in [0.15, 0.2) is 11.5 Å². The van der Waals surface area contributed by atoms with Crippen LogP contribution in [0.1, 0.15) is 16.8 Å². The van der Waals surface area contributed by atoms with Crippen LogP contribution in [-0.2, 0) is 13.1 Å². The fourth-order valence-electron chi connectivity index (χ4n) is 1.82. The van der Waals surface area contributed by atoms with Crippen LogP contribution in [0.15, 0.2) is 36.5 Å². The van der Waals surface area contributed by atoms with Gasteiger partial charge in [0, 0.05) is 30.5 Å². The van der Waals surface area contributed by atoms with E-state index in [-0.39, 0.29) is 5.75 Å². The first-order chi connectivity index (χ1) is 9.20. The highest BCUT2D eigenvalue weighted by Gasteiger charge is 2.06. The monoisotopic (exact) mass is 258 g/mol. The number of hydrogen-bond acceptors (Lipinski definition) is 4. The molecule has 1 heterocycles. The first-order valence-electron chi connectivity index (χ1n) is 6.18. The molecule has 2 N–H and O–H groups in total. The standard InChI is InChI=1S/C15H18N2O2/c1-11-6-7-12(9-17-11)8-16-10-13-4-3-5-14(19-2)15(13)18/h3-7,9,16,18H,8,10H2,1-2H3. The lowest BCUT2D eigenvalue weighted by Crippen LogP contribution is -2.13. The third kappa shape index (κ3) is 3.45. The summed E-state index contributed by atoms with van der Waals surface area (Å²) < 4.78 is 5.08. The van der Waals surface area contributed by atoms with Gasteiger partial charge in [0.2, 0.25) is 0 Å². The number of aromatic hydroxyl groups is 1. The molecule has 1 aromatic heterocycles. The number of methoxy groups -OCH3 is 1. The molecule has 2 aromatic rings. The third-order valence-electron chi connectivity index (χ3n) is 2.92.